The molecule has 0 spiro atoms. The lowest BCUT2D eigenvalue weighted by Crippen LogP contribution is -2.32. The van der Waals surface area contributed by atoms with Gasteiger partial charge in [0.25, 0.3) is 0 Å². The number of ether oxygens (including phenoxy) is 1. The number of thiol groups is 1. The van der Waals surface area contributed by atoms with Crippen molar-refractivity contribution >= 4 is 12.6 Å². The summed E-state index contributed by atoms with van der Waals surface area (Å²) >= 11 is 4.40. The summed E-state index contributed by atoms with van der Waals surface area (Å²) in [7, 11) is 1.69. The van der Waals surface area contributed by atoms with Crippen molar-refractivity contribution in [3.8, 4) is 0 Å². The molecule has 0 aromatic heterocycles. The Morgan fingerprint density at radius 2 is 1.92 bits per heavy atom. The zero-order chi connectivity index (χ0) is 10.1. The molecule has 0 aromatic carbocycles. The van der Waals surface area contributed by atoms with Crippen LogP contribution >= 0.6 is 12.6 Å². The van der Waals surface area contributed by atoms with Gasteiger partial charge in [-0.05, 0) is 0 Å². The molecule has 2 nitrogen and oxygen atoms in total. The molecule has 0 radical (unpaired) electrons. The first-order valence-corrected chi connectivity index (χ1v) is 4.87. The van der Waals surface area contributed by atoms with E-state index in [9.17, 15) is 0 Å². The predicted molar refractivity (Wildman–Crippen MR) is 61.5 cm³/mol. The minimum absolute atomic E-state index is 0.255. The SMILES string of the molecule is C=CCN(CC=C)CC(S)COC. The number of nitrogens with zero attached hydrogens (tertiary/aromatic N) is 1. The molecule has 0 saturated heterocycles. The predicted octanol–water partition coefficient (Wildman–Crippen LogP) is 1.61. The molecule has 0 saturated carbocycles. The van der Waals surface area contributed by atoms with E-state index in [2.05, 4.69) is 30.7 Å². The van der Waals surface area contributed by atoms with Crippen LogP contribution in [0.25, 0.3) is 0 Å². The maximum absolute atomic E-state index is 5.01. The molecule has 0 rings (SSSR count). The molecule has 76 valence electrons. The van der Waals surface area contributed by atoms with Gasteiger partial charge in [-0.15, -0.1) is 13.2 Å². The Bertz CT molecular complexity index is 140. The summed E-state index contributed by atoms with van der Waals surface area (Å²) < 4.78 is 5.01. The lowest BCUT2D eigenvalue weighted by molar-refractivity contribution is 0.184. The highest BCUT2D eigenvalue weighted by atomic mass is 32.1. The van der Waals surface area contributed by atoms with E-state index in [1.54, 1.807) is 7.11 Å². The van der Waals surface area contributed by atoms with E-state index < -0.39 is 0 Å². The van der Waals surface area contributed by atoms with Crippen LogP contribution < -0.4 is 0 Å². The molecule has 1 unspecified atom stereocenters. The topological polar surface area (TPSA) is 12.5 Å². The zero-order valence-electron chi connectivity index (χ0n) is 8.28. The summed E-state index contributed by atoms with van der Waals surface area (Å²) in [5.74, 6) is 0. The van der Waals surface area contributed by atoms with Gasteiger partial charge in [0.2, 0.25) is 0 Å². The lowest BCUT2D eigenvalue weighted by Gasteiger charge is -2.21. The zero-order valence-corrected chi connectivity index (χ0v) is 9.17. The number of hydrogen-bond acceptors (Lipinski definition) is 3. The van der Waals surface area contributed by atoms with Gasteiger partial charge in [-0.25, -0.2) is 0 Å². The second-order valence-corrected chi connectivity index (χ2v) is 3.64. The Hall–Kier alpha value is -0.250. The molecule has 0 heterocycles. The molecule has 0 aromatic rings. The minimum Gasteiger partial charge on any atom is -0.383 e. The first-order valence-electron chi connectivity index (χ1n) is 4.35. The van der Waals surface area contributed by atoms with Crippen molar-refractivity contribution in [2.24, 2.45) is 0 Å². The van der Waals surface area contributed by atoms with Crippen LogP contribution in [-0.2, 0) is 4.74 Å². The molecule has 0 aliphatic heterocycles. The highest BCUT2D eigenvalue weighted by Gasteiger charge is 2.07. The van der Waals surface area contributed by atoms with Crippen molar-refractivity contribution in [1.82, 2.24) is 4.90 Å². The van der Waals surface area contributed by atoms with Crippen molar-refractivity contribution < 1.29 is 4.74 Å². The molecule has 0 bridgehead atoms. The maximum atomic E-state index is 5.01. The fourth-order valence-corrected chi connectivity index (χ4v) is 1.51. The molecule has 3 heteroatoms. The summed E-state index contributed by atoms with van der Waals surface area (Å²) in [5, 5.41) is 0.255. The Balaban J connectivity index is 3.77. The Kier molecular flexibility index (Phi) is 8.19. The number of hydrogen-bond donors (Lipinski definition) is 1. The van der Waals surface area contributed by atoms with Gasteiger partial charge in [-0.2, -0.15) is 12.6 Å². The lowest BCUT2D eigenvalue weighted by atomic mass is 10.3. The van der Waals surface area contributed by atoms with Crippen molar-refractivity contribution in [2.75, 3.05) is 33.4 Å². The van der Waals surface area contributed by atoms with Gasteiger partial charge in [-0.1, -0.05) is 12.2 Å². The van der Waals surface area contributed by atoms with Gasteiger partial charge in [0.05, 0.1) is 6.61 Å². The van der Waals surface area contributed by atoms with Crippen LogP contribution in [0, 0.1) is 0 Å². The molecule has 0 aliphatic carbocycles. The van der Waals surface area contributed by atoms with E-state index in [4.69, 9.17) is 4.74 Å². The van der Waals surface area contributed by atoms with E-state index in [1.165, 1.54) is 0 Å². The van der Waals surface area contributed by atoms with Crippen molar-refractivity contribution in [2.45, 2.75) is 5.25 Å². The molecular weight excluding hydrogens is 182 g/mol. The molecule has 0 aliphatic rings. The Morgan fingerprint density at radius 1 is 1.38 bits per heavy atom. The first kappa shape index (κ1) is 12.8. The Morgan fingerprint density at radius 3 is 2.31 bits per heavy atom. The van der Waals surface area contributed by atoms with Gasteiger partial charge >= 0.3 is 0 Å². The van der Waals surface area contributed by atoms with Crippen LogP contribution in [0.4, 0.5) is 0 Å². The van der Waals surface area contributed by atoms with Gasteiger partial charge in [-0.3, -0.25) is 4.90 Å². The maximum Gasteiger partial charge on any atom is 0.0591 e. The van der Waals surface area contributed by atoms with E-state index >= 15 is 0 Å². The summed E-state index contributed by atoms with van der Waals surface area (Å²) in [6, 6.07) is 0. The monoisotopic (exact) mass is 201 g/mol. The van der Waals surface area contributed by atoms with E-state index in [1.807, 2.05) is 12.2 Å². The average molecular weight is 201 g/mol. The van der Waals surface area contributed by atoms with Crippen molar-refractivity contribution in [3.63, 3.8) is 0 Å². The van der Waals surface area contributed by atoms with Crippen molar-refractivity contribution in [1.29, 1.82) is 0 Å². The quantitative estimate of drug-likeness (QED) is 0.473. The molecule has 13 heavy (non-hydrogen) atoms. The standard InChI is InChI=1S/C10H19NOS/c1-4-6-11(7-5-2)8-10(13)9-12-3/h4-5,10,13H,1-2,6-9H2,3H3. The fraction of sp³-hybridized carbons (Fsp3) is 0.600. The highest BCUT2D eigenvalue weighted by molar-refractivity contribution is 7.81. The van der Waals surface area contributed by atoms with Crippen LogP contribution in [-0.4, -0.2) is 43.5 Å². The Labute approximate surface area is 86.7 Å². The van der Waals surface area contributed by atoms with Crippen molar-refractivity contribution in [3.05, 3.63) is 25.3 Å². The second-order valence-electron chi connectivity index (χ2n) is 2.91. The van der Waals surface area contributed by atoms with Crippen LogP contribution in [0.2, 0.25) is 0 Å². The summed E-state index contributed by atoms with van der Waals surface area (Å²) in [4.78, 5) is 2.22. The van der Waals surface area contributed by atoms with Crippen LogP contribution in [0.3, 0.4) is 0 Å². The van der Waals surface area contributed by atoms with Gasteiger partial charge in [0.15, 0.2) is 0 Å². The van der Waals surface area contributed by atoms with E-state index in [-0.39, 0.29) is 5.25 Å². The number of rotatable bonds is 8. The van der Waals surface area contributed by atoms with Crippen LogP contribution in [0.1, 0.15) is 0 Å². The van der Waals surface area contributed by atoms with E-state index in [0.29, 0.717) is 6.61 Å². The largest absolute Gasteiger partial charge is 0.383 e. The third-order valence-electron chi connectivity index (χ3n) is 1.60. The molecule has 1 atom stereocenters. The summed E-state index contributed by atoms with van der Waals surface area (Å²) in [5.41, 5.74) is 0. The van der Waals surface area contributed by atoms with Gasteiger partial charge in [0, 0.05) is 32.0 Å². The first-order chi connectivity index (χ1) is 6.24. The smallest absolute Gasteiger partial charge is 0.0591 e. The van der Waals surface area contributed by atoms with Crippen LogP contribution in [0.15, 0.2) is 25.3 Å². The van der Waals surface area contributed by atoms with Crippen LogP contribution in [0.5, 0.6) is 0 Å². The third kappa shape index (κ3) is 6.87. The average Bonchev–Trinajstić information content (AvgIpc) is 2.05. The molecule has 0 N–H and O–H groups in total. The van der Waals surface area contributed by atoms with Gasteiger partial charge in [0.1, 0.15) is 0 Å². The van der Waals surface area contributed by atoms with Gasteiger partial charge < -0.3 is 4.74 Å². The molecule has 0 amide bonds. The fourth-order valence-electron chi connectivity index (χ4n) is 1.13. The highest BCUT2D eigenvalue weighted by Crippen LogP contribution is 2.00. The minimum atomic E-state index is 0.255. The van der Waals surface area contributed by atoms with E-state index in [0.717, 1.165) is 19.6 Å². The number of methoxy groups -OCH3 is 1. The normalized spacial score (nSPS) is 12.8. The summed E-state index contributed by atoms with van der Waals surface area (Å²) in [6.45, 7) is 10.7. The summed E-state index contributed by atoms with van der Waals surface area (Å²) in [6.07, 6.45) is 3.77. The second kappa shape index (κ2) is 8.35. The third-order valence-corrected chi connectivity index (χ3v) is 1.91. The molecular formula is C10H19NOS. The molecule has 0 fully saturated rings.